The Morgan fingerprint density at radius 1 is 1.35 bits per heavy atom. The number of hydrogen-bond acceptors (Lipinski definition) is 5. The summed E-state index contributed by atoms with van der Waals surface area (Å²) in [4.78, 5) is 12.0. The average Bonchev–Trinajstić information content (AvgIpc) is 2.95. The first-order chi connectivity index (χ1) is 12.5. The fraction of sp³-hybridized carbons (Fsp3) is 0.278. The zero-order valence-electron chi connectivity index (χ0n) is 14.2. The number of imidazole rings is 1. The fourth-order valence-electron chi connectivity index (χ4n) is 2.73. The van der Waals surface area contributed by atoms with Crippen LogP contribution in [0.1, 0.15) is 24.2 Å². The molecule has 0 spiro atoms. The van der Waals surface area contributed by atoms with Crippen molar-refractivity contribution >= 4 is 39.6 Å². The second kappa shape index (κ2) is 7.86. The molecule has 0 aliphatic rings. The summed E-state index contributed by atoms with van der Waals surface area (Å²) < 4.78 is 21.9. The molecule has 2 N–H and O–H groups in total. The van der Waals surface area contributed by atoms with E-state index in [0.717, 1.165) is 27.1 Å². The summed E-state index contributed by atoms with van der Waals surface area (Å²) in [6, 6.07) is 5.84. The number of terminal acetylenes is 1. The van der Waals surface area contributed by atoms with Gasteiger partial charge in [0.1, 0.15) is 11.6 Å². The number of nitrogens with zero attached hydrogens (tertiary/aromatic N) is 4. The van der Waals surface area contributed by atoms with Crippen LogP contribution in [-0.2, 0) is 13.0 Å². The van der Waals surface area contributed by atoms with E-state index >= 15 is 0 Å². The number of hydrogen-bond donors (Lipinski definition) is 1. The van der Waals surface area contributed by atoms with E-state index in [-0.39, 0.29) is 5.82 Å². The lowest BCUT2D eigenvalue weighted by molar-refractivity contribution is 0.414. The van der Waals surface area contributed by atoms with E-state index in [2.05, 4.69) is 43.5 Å². The lowest BCUT2D eigenvalue weighted by Crippen LogP contribution is -2.07. The van der Waals surface area contributed by atoms with E-state index in [1.165, 1.54) is 0 Å². The first kappa shape index (κ1) is 18.4. The molecular formula is C18H17FIN5O. The molecule has 26 heavy (non-hydrogen) atoms. The highest BCUT2D eigenvalue weighted by Gasteiger charge is 2.18. The van der Waals surface area contributed by atoms with Gasteiger partial charge in [-0.05, 0) is 52.8 Å². The summed E-state index contributed by atoms with van der Waals surface area (Å²) in [6.45, 7) is 0.576. The number of benzene rings is 1. The van der Waals surface area contributed by atoms with E-state index in [0.29, 0.717) is 30.6 Å². The van der Waals surface area contributed by atoms with Gasteiger partial charge in [0, 0.05) is 23.0 Å². The molecule has 0 aliphatic heterocycles. The van der Waals surface area contributed by atoms with E-state index < -0.39 is 6.08 Å². The highest BCUT2D eigenvalue weighted by molar-refractivity contribution is 14.1. The van der Waals surface area contributed by atoms with Crippen molar-refractivity contribution in [2.45, 2.75) is 25.8 Å². The molecule has 0 unspecified atom stereocenters. The van der Waals surface area contributed by atoms with Crippen molar-refractivity contribution in [3.05, 3.63) is 39.2 Å². The molecule has 0 bridgehead atoms. The Bertz CT molecular complexity index is 995. The van der Waals surface area contributed by atoms with Gasteiger partial charge in [-0.15, -0.1) is 12.3 Å². The number of nitrogen functional groups attached to an aromatic ring is 1. The Hall–Kier alpha value is -2.41. The van der Waals surface area contributed by atoms with Gasteiger partial charge >= 0.3 is 6.08 Å². The molecule has 0 saturated heterocycles. The zero-order chi connectivity index (χ0) is 18.7. The van der Waals surface area contributed by atoms with E-state index in [1.54, 1.807) is 7.11 Å². The average molecular weight is 465 g/mol. The van der Waals surface area contributed by atoms with Gasteiger partial charge in [-0.3, -0.25) is 0 Å². The normalized spacial score (nSPS) is 10.8. The standard InChI is InChI=1S/C18H17FIN5O/c1-3-4-5-8-25-14(10-11-9-12(26-2)6-7-13(11)20)22-15-16(21)23-18(19)24-17(15)25/h1,6-7,9H,4-5,8,10H2,2H3,(H2,21,23,24). The summed E-state index contributed by atoms with van der Waals surface area (Å²) in [7, 11) is 1.63. The molecule has 1 aromatic carbocycles. The van der Waals surface area contributed by atoms with Crippen LogP contribution in [0.4, 0.5) is 10.2 Å². The number of aryl methyl sites for hydroxylation is 1. The van der Waals surface area contributed by atoms with Crippen LogP contribution in [0.3, 0.4) is 0 Å². The van der Waals surface area contributed by atoms with Gasteiger partial charge in [-0.2, -0.15) is 14.4 Å². The Kier molecular flexibility index (Phi) is 5.56. The number of nitrogens with two attached hydrogens (primary N) is 1. The number of unbranched alkanes of at least 4 members (excludes halogenated alkanes) is 1. The number of anilines is 1. The molecule has 0 radical (unpaired) electrons. The zero-order valence-corrected chi connectivity index (χ0v) is 16.3. The molecule has 0 amide bonds. The Morgan fingerprint density at radius 3 is 2.88 bits per heavy atom. The van der Waals surface area contributed by atoms with Crippen molar-refractivity contribution in [2.24, 2.45) is 0 Å². The third-order valence-corrected chi connectivity index (χ3v) is 5.03. The monoisotopic (exact) mass is 465 g/mol. The molecule has 3 aromatic rings. The van der Waals surface area contributed by atoms with Gasteiger partial charge in [-0.25, -0.2) is 4.98 Å². The first-order valence-corrected chi connectivity index (χ1v) is 9.05. The summed E-state index contributed by atoms with van der Waals surface area (Å²) >= 11 is 2.27. The predicted molar refractivity (Wildman–Crippen MR) is 106 cm³/mol. The van der Waals surface area contributed by atoms with E-state index in [1.807, 2.05) is 22.8 Å². The summed E-state index contributed by atoms with van der Waals surface area (Å²) in [5.74, 6) is 4.14. The number of aromatic nitrogens is 4. The molecular weight excluding hydrogens is 448 g/mol. The third-order valence-electron chi connectivity index (χ3n) is 3.98. The summed E-state index contributed by atoms with van der Waals surface area (Å²) in [6.07, 6.45) is 6.35. The molecule has 6 nitrogen and oxygen atoms in total. The van der Waals surface area contributed by atoms with Crippen LogP contribution in [-0.4, -0.2) is 26.6 Å². The number of halogens is 2. The Balaban J connectivity index is 2.08. The Labute approximate surface area is 164 Å². The minimum Gasteiger partial charge on any atom is -0.497 e. The second-order valence-corrected chi connectivity index (χ2v) is 6.83. The van der Waals surface area contributed by atoms with Crippen molar-refractivity contribution in [1.82, 2.24) is 19.5 Å². The van der Waals surface area contributed by atoms with Crippen molar-refractivity contribution < 1.29 is 9.13 Å². The summed E-state index contributed by atoms with van der Waals surface area (Å²) in [5, 5.41) is 0. The van der Waals surface area contributed by atoms with Gasteiger partial charge < -0.3 is 15.0 Å². The first-order valence-electron chi connectivity index (χ1n) is 7.97. The van der Waals surface area contributed by atoms with Crippen LogP contribution in [0, 0.1) is 22.0 Å². The van der Waals surface area contributed by atoms with Crippen molar-refractivity contribution in [1.29, 1.82) is 0 Å². The topological polar surface area (TPSA) is 78.9 Å². The lowest BCUT2D eigenvalue weighted by Gasteiger charge is -2.10. The number of fused-ring (bicyclic) bond motifs is 1. The van der Waals surface area contributed by atoms with Gasteiger partial charge in [-0.1, -0.05) is 0 Å². The molecule has 134 valence electrons. The minimum atomic E-state index is -0.865. The highest BCUT2D eigenvalue weighted by Crippen LogP contribution is 2.25. The fourth-order valence-corrected chi connectivity index (χ4v) is 3.26. The molecule has 8 heteroatoms. The van der Waals surface area contributed by atoms with Crippen molar-refractivity contribution in [3.63, 3.8) is 0 Å². The largest absolute Gasteiger partial charge is 0.497 e. The summed E-state index contributed by atoms with van der Waals surface area (Å²) in [5.41, 5.74) is 7.68. The maximum Gasteiger partial charge on any atom is 0.312 e. The number of ether oxygens (including phenoxy) is 1. The smallest absolute Gasteiger partial charge is 0.312 e. The van der Waals surface area contributed by atoms with Crippen LogP contribution in [0.5, 0.6) is 5.75 Å². The molecule has 2 aromatic heterocycles. The molecule has 0 aliphatic carbocycles. The van der Waals surface area contributed by atoms with Crippen molar-refractivity contribution in [3.8, 4) is 18.1 Å². The van der Waals surface area contributed by atoms with Crippen LogP contribution in [0.25, 0.3) is 11.2 Å². The highest BCUT2D eigenvalue weighted by atomic mass is 127. The van der Waals surface area contributed by atoms with Crippen LogP contribution in [0.2, 0.25) is 0 Å². The van der Waals surface area contributed by atoms with Crippen LogP contribution >= 0.6 is 22.6 Å². The molecule has 0 atom stereocenters. The maximum absolute atomic E-state index is 13.7. The van der Waals surface area contributed by atoms with E-state index in [9.17, 15) is 4.39 Å². The molecule has 0 saturated carbocycles. The quantitative estimate of drug-likeness (QED) is 0.262. The number of rotatable bonds is 6. The van der Waals surface area contributed by atoms with Crippen LogP contribution < -0.4 is 10.5 Å². The van der Waals surface area contributed by atoms with Crippen LogP contribution in [0.15, 0.2) is 18.2 Å². The van der Waals surface area contributed by atoms with Gasteiger partial charge in [0.25, 0.3) is 0 Å². The number of methoxy groups -OCH3 is 1. The van der Waals surface area contributed by atoms with Gasteiger partial charge in [0.05, 0.1) is 7.11 Å². The Morgan fingerprint density at radius 2 is 2.15 bits per heavy atom. The maximum atomic E-state index is 13.7. The predicted octanol–water partition coefficient (Wildman–Crippen LogP) is 3.17. The third kappa shape index (κ3) is 3.72. The van der Waals surface area contributed by atoms with Crippen molar-refractivity contribution in [2.75, 3.05) is 12.8 Å². The lowest BCUT2D eigenvalue weighted by atomic mass is 10.1. The molecule has 0 fully saturated rings. The second-order valence-electron chi connectivity index (χ2n) is 5.67. The van der Waals surface area contributed by atoms with E-state index in [4.69, 9.17) is 16.9 Å². The minimum absolute atomic E-state index is 0.0322. The molecule has 3 rings (SSSR count). The molecule has 2 heterocycles. The van der Waals surface area contributed by atoms with Gasteiger partial charge in [0.2, 0.25) is 0 Å². The SMILES string of the molecule is C#CCCCn1c(Cc2cc(OC)ccc2I)nc2c(N)nc(F)nc21. The van der Waals surface area contributed by atoms with Gasteiger partial charge in [0.15, 0.2) is 17.0 Å².